The molecule has 0 aliphatic heterocycles. The minimum absolute atomic E-state index is 0.330. The van der Waals surface area contributed by atoms with Crippen molar-refractivity contribution in [2.75, 3.05) is 0 Å². The molecule has 0 fully saturated rings. The van der Waals surface area contributed by atoms with Crippen molar-refractivity contribution >= 4 is 15.9 Å². The number of rotatable bonds is 4. The summed E-state index contributed by atoms with van der Waals surface area (Å²) in [6, 6.07) is 7.96. The first-order valence-electron chi connectivity index (χ1n) is 5.43. The molecule has 3 heteroatoms. The van der Waals surface area contributed by atoms with Gasteiger partial charge in [0.1, 0.15) is 0 Å². The molecule has 2 unspecified atom stereocenters. The molecular weight excluding hydrogens is 266 g/mol. The van der Waals surface area contributed by atoms with Crippen molar-refractivity contribution in [3.63, 3.8) is 0 Å². The molecule has 0 aliphatic rings. The number of halogens is 1. The standard InChI is InChI=1S/C13H16BrNO/c1-3-4-10(8-15)13(16)11-6-5-9(2)7-12(11)14/h5-7,10,13,16H,3-4H2,1-2H3. The van der Waals surface area contributed by atoms with Crippen molar-refractivity contribution in [2.24, 2.45) is 5.92 Å². The highest BCUT2D eigenvalue weighted by molar-refractivity contribution is 9.10. The van der Waals surface area contributed by atoms with Crippen LogP contribution in [0.5, 0.6) is 0 Å². The maximum Gasteiger partial charge on any atom is 0.0959 e. The van der Waals surface area contributed by atoms with Crippen LogP contribution in [0.3, 0.4) is 0 Å². The lowest BCUT2D eigenvalue weighted by Crippen LogP contribution is -2.11. The van der Waals surface area contributed by atoms with Gasteiger partial charge in [0.25, 0.3) is 0 Å². The van der Waals surface area contributed by atoms with E-state index in [0.29, 0.717) is 0 Å². The van der Waals surface area contributed by atoms with Gasteiger partial charge in [0.2, 0.25) is 0 Å². The van der Waals surface area contributed by atoms with Crippen LogP contribution in [0, 0.1) is 24.2 Å². The summed E-state index contributed by atoms with van der Waals surface area (Å²) in [5, 5.41) is 19.1. The number of nitrogens with zero attached hydrogens (tertiary/aromatic N) is 1. The van der Waals surface area contributed by atoms with Gasteiger partial charge in [0.05, 0.1) is 18.1 Å². The SMILES string of the molecule is CCCC(C#N)C(O)c1ccc(C)cc1Br. The maximum absolute atomic E-state index is 10.1. The van der Waals surface area contributed by atoms with E-state index in [1.807, 2.05) is 32.0 Å². The summed E-state index contributed by atoms with van der Waals surface area (Å²) in [7, 11) is 0. The van der Waals surface area contributed by atoms with Crippen molar-refractivity contribution in [3.8, 4) is 6.07 Å². The molecule has 1 N–H and O–H groups in total. The topological polar surface area (TPSA) is 44.0 Å². The lowest BCUT2D eigenvalue weighted by Gasteiger charge is -2.18. The van der Waals surface area contributed by atoms with Crippen LogP contribution >= 0.6 is 15.9 Å². The Kier molecular flexibility index (Phi) is 4.98. The van der Waals surface area contributed by atoms with E-state index < -0.39 is 6.10 Å². The molecule has 16 heavy (non-hydrogen) atoms. The van der Waals surface area contributed by atoms with Crippen molar-refractivity contribution in [3.05, 3.63) is 33.8 Å². The Morgan fingerprint density at radius 1 is 1.50 bits per heavy atom. The third-order valence-electron chi connectivity index (χ3n) is 2.62. The highest BCUT2D eigenvalue weighted by atomic mass is 79.9. The first-order chi connectivity index (χ1) is 7.60. The molecule has 0 spiro atoms. The summed E-state index contributed by atoms with van der Waals surface area (Å²) in [6.07, 6.45) is 0.913. The third kappa shape index (κ3) is 3.07. The van der Waals surface area contributed by atoms with Gasteiger partial charge < -0.3 is 5.11 Å². The van der Waals surface area contributed by atoms with E-state index in [1.54, 1.807) is 0 Å². The van der Waals surface area contributed by atoms with E-state index in [9.17, 15) is 5.11 Å². The Hall–Kier alpha value is -0.850. The molecule has 86 valence electrons. The van der Waals surface area contributed by atoms with Crippen LogP contribution in [0.25, 0.3) is 0 Å². The summed E-state index contributed by atoms with van der Waals surface area (Å²) >= 11 is 3.43. The number of nitriles is 1. The van der Waals surface area contributed by atoms with Crippen LogP contribution in [0.15, 0.2) is 22.7 Å². The van der Waals surface area contributed by atoms with E-state index >= 15 is 0 Å². The number of aryl methyl sites for hydroxylation is 1. The van der Waals surface area contributed by atoms with Crippen molar-refractivity contribution in [1.29, 1.82) is 5.26 Å². The number of aliphatic hydroxyl groups is 1. The smallest absolute Gasteiger partial charge is 0.0959 e. The second kappa shape index (κ2) is 6.03. The van der Waals surface area contributed by atoms with Crippen LogP contribution < -0.4 is 0 Å². The molecule has 2 atom stereocenters. The molecule has 1 aromatic carbocycles. The third-order valence-corrected chi connectivity index (χ3v) is 3.31. The molecule has 0 bridgehead atoms. The molecule has 0 heterocycles. The normalized spacial score (nSPS) is 14.2. The molecular formula is C13H16BrNO. The van der Waals surface area contributed by atoms with Crippen LogP contribution in [0.1, 0.15) is 37.0 Å². The molecule has 1 aromatic rings. The predicted molar refractivity (Wildman–Crippen MR) is 67.8 cm³/mol. The van der Waals surface area contributed by atoms with E-state index in [0.717, 1.165) is 28.4 Å². The second-order valence-electron chi connectivity index (χ2n) is 3.99. The molecule has 0 amide bonds. The van der Waals surface area contributed by atoms with Gasteiger partial charge >= 0.3 is 0 Å². The second-order valence-corrected chi connectivity index (χ2v) is 4.85. The fourth-order valence-electron chi connectivity index (χ4n) is 1.69. The number of benzene rings is 1. The Labute approximate surface area is 105 Å². The van der Waals surface area contributed by atoms with Gasteiger partial charge in [0, 0.05) is 4.47 Å². The highest BCUT2D eigenvalue weighted by Gasteiger charge is 2.21. The van der Waals surface area contributed by atoms with Gasteiger partial charge in [-0.2, -0.15) is 5.26 Å². The summed E-state index contributed by atoms with van der Waals surface area (Å²) in [4.78, 5) is 0. The minimum Gasteiger partial charge on any atom is -0.387 e. The van der Waals surface area contributed by atoms with Crippen LogP contribution in [0.4, 0.5) is 0 Å². The van der Waals surface area contributed by atoms with E-state index in [4.69, 9.17) is 5.26 Å². The zero-order valence-corrected chi connectivity index (χ0v) is 11.2. The molecule has 2 nitrogen and oxygen atoms in total. The molecule has 0 radical (unpaired) electrons. The van der Waals surface area contributed by atoms with Crippen LogP contribution in [0.2, 0.25) is 0 Å². The largest absolute Gasteiger partial charge is 0.387 e. The van der Waals surface area contributed by atoms with Gasteiger partial charge in [-0.3, -0.25) is 0 Å². The fourth-order valence-corrected chi connectivity index (χ4v) is 2.42. The fraction of sp³-hybridized carbons (Fsp3) is 0.462. The summed E-state index contributed by atoms with van der Waals surface area (Å²) in [5.74, 6) is -0.330. The molecule has 0 aliphatic carbocycles. The Morgan fingerprint density at radius 2 is 2.19 bits per heavy atom. The van der Waals surface area contributed by atoms with Crippen LogP contribution in [-0.2, 0) is 0 Å². The van der Waals surface area contributed by atoms with Gasteiger partial charge in [-0.1, -0.05) is 41.4 Å². The zero-order chi connectivity index (χ0) is 12.1. The molecule has 0 aromatic heterocycles. The van der Waals surface area contributed by atoms with Gasteiger partial charge in [-0.05, 0) is 30.5 Å². The monoisotopic (exact) mass is 281 g/mol. The maximum atomic E-state index is 10.1. The lowest BCUT2D eigenvalue weighted by atomic mass is 9.93. The average Bonchev–Trinajstić information content (AvgIpc) is 2.25. The van der Waals surface area contributed by atoms with E-state index in [-0.39, 0.29) is 5.92 Å². The number of hydrogen-bond donors (Lipinski definition) is 1. The summed E-state index contributed by atoms with van der Waals surface area (Å²) in [5.41, 5.74) is 1.93. The predicted octanol–water partition coefficient (Wildman–Crippen LogP) is 3.73. The summed E-state index contributed by atoms with van der Waals surface area (Å²) < 4.78 is 0.872. The van der Waals surface area contributed by atoms with Crippen LogP contribution in [-0.4, -0.2) is 5.11 Å². The Balaban J connectivity index is 2.95. The van der Waals surface area contributed by atoms with Gasteiger partial charge in [-0.25, -0.2) is 0 Å². The quantitative estimate of drug-likeness (QED) is 0.914. The van der Waals surface area contributed by atoms with Crippen molar-refractivity contribution in [1.82, 2.24) is 0 Å². The van der Waals surface area contributed by atoms with Crippen molar-refractivity contribution < 1.29 is 5.11 Å². The minimum atomic E-state index is -0.708. The lowest BCUT2D eigenvalue weighted by molar-refractivity contribution is 0.129. The van der Waals surface area contributed by atoms with E-state index in [1.165, 1.54) is 0 Å². The molecule has 0 saturated heterocycles. The van der Waals surface area contributed by atoms with E-state index in [2.05, 4.69) is 22.0 Å². The Morgan fingerprint density at radius 3 is 2.69 bits per heavy atom. The number of aliphatic hydroxyl groups excluding tert-OH is 1. The highest BCUT2D eigenvalue weighted by Crippen LogP contribution is 2.31. The number of hydrogen-bond acceptors (Lipinski definition) is 2. The summed E-state index contributed by atoms with van der Waals surface area (Å²) in [6.45, 7) is 4.01. The average molecular weight is 282 g/mol. The first kappa shape index (κ1) is 13.2. The van der Waals surface area contributed by atoms with Crippen molar-refractivity contribution in [2.45, 2.75) is 32.8 Å². The Bertz CT molecular complexity index is 397. The zero-order valence-electron chi connectivity index (χ0n) is 9.57. The first-order valence-corrected chi connectivity index (χ1v) is 6.23. The van der Waals surface area contributed by atoms with Gasteiger partial charge in [-0.15, -0.1) is 0 Å². The molecule has 0 saturated carbocycles. The van der Waals surface area contributed by atoms with Gasteiger partial charge in [0.15, 0.2) is 0 Å². The molecule has 1 rings (SSSR count).